The van der Waals surface area contributed by atoms with Crippen molar-refractivity contribution in [1.82, 2.24) is 4.31 Å². The second kappa shape index (κ2) is 9.04. The number of morpholine rings is 1. The van der Waals surface area contributed by atoms with Crippen molar-refractivity contribution in [3.63, 3.8) is 0 Å². The maximum Gasteiger partial charge on any atom is 0.338 e. The summed E-state index contributed by atoms with van der Waals surface area (Å²) >= 11 is 0. The summed E-state index contributed by atoms with van der Waals surface area (Å²) in [6.45, 7) is 1.49. The number of esters is 1. The number of benzene rings is 2. The van der Waals surface area contributed by atoms with Crippen LogP contribution in [0.15, 0.2) is 47.4 Å². The van der Waals surface area contributed by atoms with Gasteiger partial charge in [0.1, 0.15) is 13.2 Å². The zero-order valence-electron chi connectivity index (χ0n) is 16.6. The van der Waals surface area contributed by atoms with Gasteiger partial charge in [-0.25, -0.2) is 13.2 Å². The van der Waals surface area contributed by atoms with Gasteiger partial charge in [0.2, 0.25) is 10.0 Å². The van der Waals surface area contributed by atoms with Gasteiger partial charge in [0, 0.05) is 18.7 Å². The van der Waals surface area contributed by atoms with Crippen LogP contribution in [0.4, 0.5) is 0 Å². The molecule has 1 fully saturated rings. The fourth-order valence-corrected chi connectivity index (χ4v) is 4.69. The summed E-state index contributed by atoms with van der Waals surface area (Å²) in [5, 5.41) is 0. The van der Waals surface area contributed by atoms with Crippen LogP contribution in [0, 0.1) is 0 Å². The van der Waals surface area contributed by atoms with Crippen LogP contribution in [0.1, 0.15) is 20.7 Å². The van der Waals surface area contributed by atoms with Crippen LogP contribution < -0.4 is 9.47 Å². The number of fused-ring (bicyclic) bond motifs is 1. The first-order valence-electron chi connectivity index (χ1n) is 9.73. The molecule has 0 radical (unpaired) electrons. The standard InChI is InChI=1S/C21H21NO8S/c23-18(15-4-5-19-20(13-15)29-11-10-28-19)14-30-21(24)16-2-1-3-17(12-16)31(25,26)22-6-8-27-9-7-22/h1-5,12-13H,6-11,14H2. The van der Waals surface area contributed by atoms with Crippen molar-refractivity contribution < 1.29 is 37.0 Å². The zero-order valence-corrected chi connectivity index (χ0v) is 17.4. The molecule has 31 heavy (non-hydrogen) atoms. The van der Waals surface area contributed by atoms with Crippen LogP contribution in [-0.4, -0.2) is 70.6 Å². The molecule has 0 N–H and O–H groups in total. The minimum Gasteiger partial charge on any atom is -0.486 e. The lowest BCUT2D eigenvalue weighted by Gasteiger charge is -2.26. The summed E-state index contributed by atoms with van der Waals surface area (Å²) in [7, 11) is -3.75. The second-order valence-corrected chi connectivity index (χ2v) is 8.84. The van der Waals surface area contributed by atoms with Crippen molar-refractivity contribution in [2.75, 3.05) is 46.1 Å². The minimum atomic E-state index is -3.75. The number of Topliss-reactive ketones (excluding diaryl/α,β-unsaturated/α-hetero) is 1. The van der Waals surface area contributed by atoms with Gasteiger partial charge in [0.25, 0.3) is 0 Å². The van der Waals surface area contributed by atoms with Gasteiger partial charge in [0.15, 0.2) is 23.9 Å². The highest BCUT2D eigenvalue weighted by Gasteiger charge is 2.27. The van der Waals surface area contributed by atoms with Crippen LogP contribution in [0.3, 0.4) is 0 Å². The van der Waals surface area contributed by atoms with E-state index in [9.17, 15) is 18.0 Å². The monoisotopic (exact) mass is 447 g/mol. The highest BCUT2D eigenvalue weighted by Crippen LogP contribution is 2.30. The van der Waals surface area contributed by atoms with Crippen LogP contribution in [0.2, 0.25) is 0 Å². The molecule has 0 spiro atoms. The van der Waals surface area contributed by atoms with Gasteiger partial charge in [-0.05, 0) is 36.4 Å². The number of ketones is 1. The van der Waals surface area contributed by atoms with Gasteiger partial charge < -0.3 is 18.9 Å². The number of ether oxygens (including phenoxy) is 4. The van der Waals surface area contributed by atoms with Gasteiger partial charge in [-0.1, -0.05) is 6.07 Å². The van der Waals surface area contributed by atoms with Gasteiger partial charge in [0.05, 0.1) is 23.7 Å². The molecule has 2 aromatic rings. The Balaban J connectivity index is 1.42. The molecule has 0 amide bonds. The molecule has 2 heterocycles. The molecule has 4 rings (SSSR count). The Hall–Kier alpha value is -2.95. The molecule has 164 valence electrons. The number of hydrogen-bond acceptors (Lipinski definition) is 8. The summed E-state index contributed by atoms with van der Waals surface area (Å²) in [4.78, 5) is 24.8. The molecule has 0 aliphatic carbocycles. The molecule has 0 unspecified atom stereocenters. The number of rotatable bonds is 6. The minimum absolute atomic E-state index is 0.0120. The van der Waals surface area contributed by atoms with E-state index in [0.717, 1.165) is 0 Å². The van der Waals surface area contributed by atoms with Crippen molar-refractivity contribution in [1.29, 1.82) is 0 Å². The average molecular weight is 447 g/mol. The lowest BCUT2D eigenvalue weighted by atomic mass is 10.1. The summed E-state index contributed by atoms with van der Waals surface area (Å²) in [6, 6.07) is 10.3. The Kier molecular flexibility index (Phi) is 6.21. The normalized spacial score (nSPS) is 16.5. The number of carbonyl (C=O) groups excluding carboxylic acids is 2. The third-order valence-electron chi connectivity index (χ3n) is 4.88. The van der Waals surface area contributed by atoms with E-state index in [1.54, 1.807) is 18.2 Å². The highest BCUT2D eigenvalue weighted by atomic mass is 32.2. The van der Waals surface area contributed by atoms with E-state index in [-0.39, 0.29) is 23.5 Å². The predicted octanol–water partition coefficient (Wildman–Crippen LogP) is 1.52. The van der Waals surface area contributed by atoms with Crippen LogP contribution in [0.25, 0.3) is 0 Å². The topological polar surface area (TPSA) is 108 Å². The summed E-state index contributed by atoms with van der Waals surface area (Å²) in [5.74, 6) is -0.185. The van der Waals surface area contributed by atoms with E-state index in [4.69, 9.17) is 18.9 Å². The van der Waals surface area contributed by atoms with Gasteiger partial charge in [-0.3, -0.25) is 4.79 Å². The van der Waals surface area contributed by atoms with Crippen molar-refractivity contribution >= 4 is 21.8 Å². The van der Waals surface area contributed by atoms with E-state index in [2.05, 4.69) is 0 Å². The first kappa shape index (κ1) is 21.3. The summed E-state index contributed by atoms with van der Waals surface area (Å²) in [6.07, 6.45) is 0. The molecule has 1 saturated heterocycles. The highest BCUT2D eigenvalue weighted by molar-refractivity contribution is 7.89. The van der Waals surface area contributed by atoms with Gasteiger partial charge in [-0.2, -0.15) is 4.31 Å². The van der Waals surface area contributed by atoms with Crippen molar-refractivity contribution in [2.45, 2.75) is 4.90 Å². The molecule has 9 nitrogen and oxygen atoms in total. The van der Waals surface area contributed by atoms with Crippen molar-refractivity contribution in [2.24, 2.45) is 0 Å². The molecular formula is C21H21NO8S. The van der Waals surface area contributed by atoms with Crippen LogP contribution in [-0.2, 0) is 19.5 Å². The summed E-state index contributed by atoms with van der Waals surface area (Å²) in [5.41, 5.74) is 0.366. The number of hydrogen-bond donors (Lipinski definition) is 0. The lowest BCUT2D eigenvalue weighted by molar-refractivity contribution is 0.0474. The molecular weight excluding hydrogens is 426 g/mol. The van der Waals surface area contributed by atoms with E-state index < -0.39 is 28.4 Å². The Morgan fingerprint density at radius 2 is 1.65 bits per heavy atom. The fourth-order valence-electron chi connectivity index (χ4n) is 3.23. The SMILES string of the molecule is O=C(COC(=O)c1cccc(S(=O)(=O)N2CCOCC2)c1)c1ccc2c(c1)OCCO2. The van der Waals surface area contributed by atoms with Crippen molar-refractivity contribution in [3.05, 3.63) is 53.6 Å². The summed E-state index contributed by atoms with van der Waals surface area (Å²) < 4.78 is 48.0. The molecule has 0 aromatic heterocycles. The lowest BCUT2D eigenvalue weighted by Crippen LogP contribution is -2.40. The Morgan fingerprint density at radius 1 is 0.903 bits per heavy atom. The van der Waals surface area contributed by atoms with Crippen LogP contribution >= 0.6 is 0 Å². The molecule has 10 heteroatoms. The molecule has 2 aromatic carbocycles. The van der Waals surface area contributed by atoms with Crippen LogP contribution in [0.5, 0.6) is 11.5 Å². The predicted molar refractivity (Wildman–Crippen MR) is 108 cm³/mol. The fraction of sp³-hybridized carbons (Fsp3) is 0.333. The Labute approximate surface area is 179 Å². The third kappa shape index (κ3) is 4.71. The molecule has 0 atom stereocenters. The quantitative estimate of drug-likeness (QED) is 0.484. The molecule has 0 saturated carbocycles. The number of sulfonamides is 1. The third-order valence-corrected chi connectivity index (χ3v) is 6.77. The molecule has 0 bridgehead atoms. The van der Waals surface area contributed by atoms with Gasteiger partial charge in [-0.15, -0.1) is 0 Å². The number of carbonyl (C=O) groups is 2. The Bertz CT molecular complexity index is 1090. The average Bonchev–Trinajstić information content (AvgIpc) is 2.82. The van der Waals surface area contributed by atoms with E-state index in [0.29, 0.717) is 43.5 Å². The van der Waals surface area contributed by atoms with Crippen molar-refractivity contribution in [3.8, 4) is 11.5 Å². The second-order valence-electron chi connectivity index (χ2n) is 6.90. The van der Waals surface area contributed by atoms with E-state index in [1.807, 2.05) is 0 Å². The van der Waals surface area contributed by atoms with Gasteiger partial charge >= 0.3 is 5.97 Å². The van der Waals surface area contributed by atoms with E-state index in [1.165, 1.54) is 28.6 Å². The largest absolute Gasteiger partial charge is 0.486 e. The molecule has 2 aliphatic heterocycles. The Morgan fingerprint density at radius 3 is 2.42 bits per heavy atom. The zero-order chi connectivity index (χ0) is 21.8. The maximum atomic E-state index is 12.8. The van der Waals surface area contributed by atoms with E-state index >= 15 is 0 Å². The number of nitrogens with zero attached hydrogens (tertiary/aromatic N) is 1. The first-order valence-corrected chi connectivity index (χ1v) is 11.2. The first-order chi connectivity index (χ1) is 14.9. The smallest absolute Gasteiger partial charge is 0.338 e. The molecule has 2 aliphatic rings. The maximum absolute atomic E-state index is 12.8.